The Morgan fingerprint density at radius 3 is 2.80 bits per heavy atom. The van der Waals surface area contributed by atoms with Gasteiger partial charge in [0.2, 0.25) is 0 Å². The van der Waals surface area contributed by atoms with E-state index in [4.69, 9.17) is 4.74 Å². The highest BCUT2D eigenvalue weighted by atomic mass is 32.2. The van der Waals surface area contributed by atoms with E-state index in [9.17, 15) is 0 Å². The van der Waals surface area contributed by atoms with E-state index in [0.717, 1.165) is 18.8 Å². The fourth-order valence-corrected chi connectivity index (χ4v) is 1.37. The highest BCUT2D eigenvalue weighted by Crippen LogP contribution is 2.06. The monoisotopic (exact) mass is 160 g/mol. The molecule has 0 atom stereocenters. The zero-order chi connectivity index (χ0) is 7.82. The van der Waals surface area contributed by atoms with Gasteiger partial charge in [0.15, 0.2) is 0 Å². The minimum absolute atomic E-state index is 0.878. The maximum Gasteiger partial charge on any atom is 0.0470 e. The van der Waals surface area contributed by atoms with E-state index >= 15 is 0 Å². The second kappa shape index (κ2) is 7.16. The van der Waals surface area contributed by atoms with Crippen molar-refractivity contribution in [3.8, 4) is 0 Å². The van der Waals surface area contributed by atoms with Crippen molar-refractivity contribution >= 4 is 11.8 Å². The summed E-state index contributed by atoms with van der Waals surface area (Å²) in [5, 5.41) is 0. The van der Waals surface area contributed by atoms with E-state index in [1.54, 1.807) is 7.11 Å². The Hall–Kier alpha value is 0.0500. The predicted octanol–water partition coefficient (Wildman–Crippen LogP) is 2.33. The third-order valence-corrected chi connectivity index (χ3v) is 2.26. The normalized spacial score (nSPS) is 9.80. The minimum atomic E-state index is 0.878. The van der Waals surface area contributed by atoms with Crippen LogP contribution < -0.4 is 0 Å². The van der Waals surface area contributed by atoms with Gasteiger partial charge in [-0.05, 0) is 19.1 Å². The lowest BCUT2D eigenvalue weighted by atomic mass is 10.4. The first-order valence-corrected chi connectivity index (χ1v) is 4.64. The topological polar surface area (TPSA) is 9.23 Å². The van der Waals surface area contributed by atoms with Gasteiger partial charge in [0, 0.05) is 19.5 Å². The molecular weight excluding hydrogens is 144 g/mol. The van der Waals surface area contributed by atoms with E-state index in [-0.39, 0.29) is 0 Å². The molecule has 1 nitrogen and oxygen atoms in total. The number of thioether (sulfide) groups is 1. The van der Waals surface area contributed by atoms with E-state index in [2.05, 4.69) is 13.5 Å². The quantitative estimate of drug-likeness (QED) is 0.435. The summed E-state index contributed by atoms with van der Waals surface area (Å²) in [4.78, 5) is 0. The zero-order valence-corrected chi connectivity index (χ0v) is 7.67. The van der Waals surface area contributed by atoms with Crippen molar-refractivity contribution in [2.75, 3.05) is 25.2 Å². The van der Waals surface area contributed by atoms with Gasteiger partial charge in [0.05, 0.1) is 0 Å². The maximum atomic E-state index is 4.91. The summed E-state index contributed by atoms with van der Waals surface area (Å²) in [5.74, 6) is 2.27. The average molecular weight is 160 g/mol. The Labute approximate surface area is 67.8 Å². The van der Waals surface area contributed by atoms with Gasteiger partial charge in [-0.2, -0.15) is 11.8 Å². The summed E-state index contributed by atoms with van der Waals surface area (Å²) in [6.45, 7) is 6.76. The number of hydrogen-bond donors (Lipinski definition) is 0. The molecule has 0 aromatic heterocycles. The van der Waals surface area contributed by atoms with Crippen molar-refractivity contribution in [1.29, 1.82) is 0 Å². The van der Waals surface area contributed by atoms with Crippen LogP contribution in [0.3, 0.4) is 0 Å². The van der Waals surface area contributed by atoms with Crippen LogP contribution in [0.2, 0.25) is 0 Å². The third kappa shape index (κ3) is 8.05. The zero-order valence-electron chi connectivity index (χ0n) is 6.85. The fraction of sp³-hybridized carbons (Fsp3) is 0.750. The highest BCUT2D eigenvalue weighted by molar-refractivity contribution is 7.99. The Morgan fingerprint density at radius 1 is 1.60 bits per heavy atom. The van der Waals surface area contributed by atoms with Crippen LogP contribution in [0.5, 0.6) is 0 Å². The second-order valence-corrected chi connectivity index (χ2v) is 3.46. The highest BCUT2D eigenvalue weighted by Gasteiger charge is 1.88. The van der Waals surface area contributed by atoms with E-state index in [1.807, 2.05) is 11.8 Å². The lowest BCUT2D eigenvalue weighted by Crippen LogP contribution is -1.91. The lowest BCUT2D eigenvalue weighted by Gasteiger charge is -1.99. The van der Waals surface area contributed by atoms with Gasteiger partial charge >= 0.3 is 0 Å². The first kappa shape index (κ1) is 10.0. The van der Waals surface area contributed by atoms with Crippen molar-refractivity contribution in [3.63, 3.8) is 0 Å². The summed E-state index contributed by atoms with van der Waals surface area (Å²) < 4.78 is 4.91. The molecule has 2 heteroatoms. The van der Waals surface area contributed by atoms with E-state index in [0.29, 0.717) is 0 Å². The second-order valence-electron chi connectivity index (χ2n) is 2.36. The molecule has 10 heavy (non-hydrogen) atoms. The molecule has 0 fully saturated rings. The van der Waals surface area contributed by atoms with Crippen LogP contribution >= 0.6 is 11.8 Å². The Bertz CT molecular complexity index is 91.3. The summed E-state index contributed by atoms with van der Waals surface area (Å²) in [7, 11) is 1.74. The van der Waals surface area contributed by atoms with Crippen molar-refractivity contribution < 1.29 is 4.74 Å². The molecule has 60 valence electrons. The molecule has 0 spiro atoms. The molecule has 0 saturated carbocycles. The predicted molar refractivity (Wildman–Crippen MR) is 48.6 cm³/mol. The smallest absolute Gasteiger partial charge is 0.0470 e. The van der Waals surface area contributed by atoms with Crippen molar-refractivity contribution in [3.05, 3.63) is 12.2 Å². The van der Waals surface area contributed by atoms with Gasteiger partial charge in [0.25, 0.3) is 0 Å². The maximum absolute atomic E-state index is 4.91. The molecular formula is C8H16OS. The standard InChI is InChI=1S/C8H16OS/c1-8(2)7-10-6-4-5-9-3/h1,4-7H2,2-3H3. The molecule has 0 unspecified atom stereocenters. The molecule has 0 amide bonds. The summed E-state index contributed by atoms with van der Waals surface area (Å²) in [6.07, 6.45) is 1.15. The first-order valence-electron chi connectivity index (χ1n) is 3.48. The van der Waals surface area contributed by atoms with Crippen molar-refractivity contribution in [1.82, 2.24) is 0 Å². The molecule has 0 aliphatic carbocycles. The summed E-state index contributed by atoms with van der Waals surface area (Å²) >= 11 is 1.92. The SMILES string of the molecule is C=C(C)CSCCCOC. The Morgan fingerprint density at radius 2 is 2.30 bits per heavy atom. The molecule has 0 aliphatic heterocycles. The van der Waals surface area contributed by atoms with Crippen molar-refractivity contribution in [2.45, 2.75) is 13.3 Å². The molecule has 0 N–H and O–H groups in total. The van der Waals surface area contributed by atoms with Gasteiger partial charge in [-0.25, -0.2) is 0 Å². The first-order chi connectivity index (χ1) is 4.77. The number of hydrogen-bond acceptors (Lipinski definition) is 2. The molecule has 0 heterocycles. The van der Waals surface area contributed by atoms with Gasteiger partial charge < -0.3 is 4.74 Å². The Balaban J connectivity index is 2.84. The molecule has 0 radical (unpaired) electrons. The van der Waals surface area contributed by atoms with Crippen LogP contribution in [0, 0.1) is 0 Å². The molecule has 0 aromatic rings. The molecule has 0 bridgehead atoms. The number of rotatable bonds is 6. The van der Waals surface area contributed by atoms with Crippen LogP contribution in [0.4, 0.5) is 0 Å². The third-order valence-electron chi connectivity index (χ3n) is 0.986. The molecule has 0 aliphatic rings. The molecule has 0 saturated heterocycles. The summed E-state index contributed by atoms with van der Waals surface area (Å²) in [5.41, 5.74) is 1.25. The lowest BCUT2D eigenvalue weighted by molar-refractivity contribution is 0.200. The molecule has 0 aromatic carbocycles. The van der Waals surface area contributed by atoms with Crippen LogP contribution in [-0.2, 0) is 4.74 Å². The van der Waals surface area contributed by atoms with E-state index < -0.39 is 0 Å². The van der Waals surface area contributed by atoms with Crippen LogP contribution in [-0.4, -0.2) is 25.2 Å². The van der Waals surface area contributed by atoms with Gasteiger partial charge in [-0.1, -0.05) is 12.2 Å². The van der Waals surface area contributed by atoms with Crippen LogP contribution in [0.15, 0.2) is 12.2 Å². The largest absolute Gasteiger partial charge is 0.385 e. The fourth-order valence-electron chi connectivity index (χ4n) is 0.552. The van der Waals surface area contributed by atoms with Crippen LogP contribution in [0.25, 0.3) is 0 Å². The minimum Gasteiger partial charge on any atom is -0.385 e. The number of methoxy groups -OCH3 is 1. The van der Waals surface area contributed by atoms with Crippen molar-refractivity contribution in [2.24, 2.45) is 0 Å². The number of ether oxygens (including phenoxy) is 1. The average Bonchev–Trinajstić information content (AvgIpc) is 1.87. The van der Waals surface area contributed by atoms with E-state index in [1.165, 1.54) is 11.3 Å². The van der Waals surface area contributed by atoms with Gasteiger partial charge in [0.1, 0.15) is 0 Å². The summed E-state index contributed by atoms with van der Waals surface area (Å²) in [6, 6.07) is 0. The van der Waals surface area contributed by atoms with Gasteiger partial charge in [-0.15, -0.1) is 0 Å². The Kier molecular flexibility index (Phi) is 7.20. The molecule has 0 rings (SSSR count). The van der Waals surface area contributed by atoms with Crippen LogP contribution in [0.1, 0.15) is 13.3 Å². The van der Waals surface area contributed by atoms with Gasteiger partial charge in [-0.3, -0.25) is 0 Å².